The molecule has 1 atom stereocenters. The van der Waals surface area contributed by atoms with E-state index < -0.39 is 0 Å². The number of allylic oxidation sites excluding steroid dienone is 2. The average molecular weight is 208 g/mol. The van der Waals surface area contributed by atoms with Crippen LogP contribution in [0.4, 0.5) is 0 Å². The smallest absolute Gasteiger partial charge is 0.318 e. The number of carbonyl (C=O) groups is 1. The van der Waals surface area contributed by atoms with Crippen molar-refractivity contribution in [2.24, 2.45) is 5.92 Å². The maximum absolute atomic E-state index is 11.2. The molecule has 0 aromatic rings. The quantitative estimate of drug-likeness (QED) is 0.379. The van der Waals surface area contributed by atoms with Crippen LogP contribution in [0.2, 0.25) is 0 Å². The second kappa shape index (κ2) is 6.44. The third kappa shape index (κ3) is 4.32. The Morgan fingerprint density at radius 3 is 2.87 bits per heavy atom. The molecule has 0 spiro atoms. The van der Waals surface area contributed by atoms with Crippen LogP contribution in [0.5, 0.6) is 0 Å². The highest BCUT2D eigenvalue weighted by Gasteiger charge is 2.26. The molecule has 0 aromatic carbocycles. The van der Waals surface area contributed by atoms with Crippen molar-refractivity contribution in [1.82, 2.24) is 0 Å². The minimum atomic E-state index is -0.148. The summed E-state index contributed by atoms with van der Waals surface area (Å²) in [5, 5.41) is 0. The lowest BCUT2D eigenvalue weighted by atomic mass is 10.1. The SMILES string of the molecule is C=C1CC(/C=C/CCCCCC)C(=O)O1. The Hall–Kier alpha value is -1.05. The van der Waals surface area contributed by atoms with Crippen molar-refractivity contribution in [2.45, 2.75) is 45.4 Å². The van der Waals surface area contributed by atoms with E-state index in [9.17, 15) is 4.79 Å². The van der Waals surface area contributed by atoms with E-state index in [0.29, 0.717) is 12.2 Å². The van der Waals surface area contributed by atoms with Crippen molar-refractivity contribution in [3.63, 3.8) is 0 Å². The summed E-state index contributed by atoms with van der Waals surface area (Å²) in [5.74, 6) is 0.370. The van der Waals surface area contributed by atoms with Gasteiger partial charge in [0.25, 0.3) is 0 Å². The van der Waals surface area contributed by atoms with Gasteiger partial charge in [-0.2, -0.15) is 0 Å². The third-order valence-electron chi connectivity index (χ3n) is 2.59. The molecular formula is C13H20O2. The first-order chi connectivity index (χ1) is 7.24. The van der Waals surface area contributed by atoms with Gasteiger partial charge in [-0.15, -0.1) is 0 Å². The van der Waals surface area contributed by atoms with Crippen LogP contribution in [0.25, 0.3) is 0 Å². The zero-order valence-electron chi connectivity index (χ0n) is 9.50. The van der Waals surface area contributed by atoms with Gasteiger partial charge < -0.3 is 4.74 Å². The maximum atomic E-state index is 11.2. The summed E-state index contributed by atoms with van der Waals surface area (Å²) < 4.78 is 4.88. The molecule has 0 aromatic heterocycles. The fourth-order valence-corrected chi connectivity index (χ4v) is 1.68. The van der Waals surface area contributed by atoms with Crippen LogP contribution in [0.3, 0.4) is 0 Å². The first-order valence-electron chi connectivity index (χ1n) is 5.80. The fraction of sp³-hybridized carbons (Fsp3) is 0.615. The van der Waals surface area contributed by atoms with Crippen molar-refractivity contribution >= 4 is 5.97 Å². The minimum Gasteiger partial charge on any atom is -0.431 e. The van der Waals surface area contributed by atoms with Crippen LogP contribution in [-0.4, -0.2) is 5.97 Å². The van der Waals surface area contributed by atoms with Crippen LogP contribution in [0.15, 0.2) is 24.5 Å². The van der Waals surface area contributed by atoms with E-state index in [2.05, 4.69) is 19.6 Å². The molecule has 1 saturated heterocycles. The Morgan fingerprint density at radius 1 is 1.47 bits per heavy atom. The molecule has 0 aliphatic carbocycles. The van der Waals surface area contributed by atoms with E-state index in [1.165, 1.54) is 25.7 Å². The van der Waals surface area contributed by atoms with Crippen LogP contribution in [-0.2, 0) is 9.53 Å². The number of cyclic esters (lactones) is 1. The lowest BCUT2D eigenvalue weighted by Gasteiger charge is -1.96. The van der Waals surface area contributed by atoms with E-state index in [1.807, 2.05) is 6.08 Å². The highest BCUT2D eigenvalue weighted by molar-refractivity contribution is 5.78. The van der Waals surface area contributed by atoms with Gasteiger partial charge in [0.2, 0.25) is 0 Å². The van der Waals surface area contributed by atoms with Crippen molar-refractivity contribution in [2.75, 3.05) is 0 Å². The third-order valence-corrected chi connectivity index (χ3v) is 2.59. The monoisotopic (exact) mass is 208 g/mol. The normalized spacial score (nSPS) is 21.3. The molecule has 0 saturated carbocycles. The van der Waals surface area contributed by atoms with Gasteiger partial charge in [0.15, 0.2) is 0 Å². The van der Waals surface area contributed by atoms with Crippen LogP contribution in [0.1, 0.15) is 45.4 Å². The summed E-state index contributed by atoms with van der Waals surface area (Å²) in [6.45, 7) is 5.85. The number of unbranched alkanes of at least 4 members (excludes halogenated alkanes) is 4. The fourth-order valence-electron chi connectivity index (χ4n) is 1.68. The molecular weight excluding hydrogens is 188 g/mol. The zero-order valence-corrected chi connectivity index (χ0v) is 9.50. The number of hydrogen-bond donors (Lipinski definition) is 0. The molecule has 0 radical (unpaired) electrons. The van der Waals surface area contributed by atoms with E-state index in [-0.39, 0.29) is 11.9 Å². The molecule has 15 heavy (non-hydrogen) atoms. The molecule has 0 N–H and O–H groups in total. The van der Waals surface area contributed by atoms with Gasteiger partial charge in [-0.05, 0) is 12.8 Å². The first kappa shape index (κ1) is 12.0. The van der Waals surface area contributed by atoms with Gasteiger partial charge in [-0.1, -0.05) is 44.9 Å². The molecule has 0 bridgehead atoms. The highest BCUT2D eigenvalue weighted by atomic mass is 16.5. The van der Waals surface area contributed by atoms with Gasteiger partial charge in [-0.25, -0.2) is 0 Å². The standard InChI is InChI=1S/C13H20O2/c1-3-4-5-6-7-8-9-12-10-11(2)15-13(12)14/h8-9,12H,2-7,10H2,1H3/b9-8+. The highest BCUT2D eigenvalue weighted by Crippen LogP contribution is 2.24. The molecule has 0 amide bonds. The Kier molecular flexibility index (Phi) is 5.16. The second-order valence-electron chi connectivity index (χ2n) is 4.05. The maximum Gasteiger partial charge on any atom is 0.318 e. The van der Waals surface area contributed by atoms with Crippen molar-refractivity contribution in [3.05, 3.63) is 24.5 Å². The van der Waals surface area contributed by atoms with Crippen molar-refractivity contribution in [3.8, 4) is 0 Å². The summed E-state index contributed by atoms with van der Waals surface area (Å²) in [6, 6.07) is 0. The van der Waals surface area contributed by atoms with Gasteiger partial charge >= 0.3 is 5.97 Å². The lowest BCUT2D eigenvalue weighted by Crippen LogP contribution is -2.03. The van der Waals surface area contributed by atoms with Crippen LogP contribution >= 0.6 is 0 Å². The van der Waals surface area contributed by atoms with E-state index in [0.717, 1.165) is 6.42 Å². The Balaban J connectivity index is 2.15. The zero-order chi connectivity index (χ0) is 11.1. The second-order valence-corrected chi connectivity index (χ2v) is 4.05. The molecule has 1 rings (SSSR count). The summed E-state index contributed by atoms with van der Waals surface area (Å²) in [6.07, 6.45) is 10.8. The van der Waals surface area contributed by atoms with Crippen molar-refractivity contribution < 1.29 is 9.53 Å². The summed E-state index contributed by atoms with van der Waals surface area (Å²) >= 11 is 0. The lowest BCUT2D eigenvalue weighted by molar-refractivity contribution is -0.137. The molecule has 2 nitrogen and oxygen atoms in total. The Morgan fingerprint density at radius 2 is 2.27 bits per heavy atom. The molecule has 2 heteroatoms. The number of ether oxygens (including phenoxy) is 1. The molecule has 1 fully saturated rings. The topological polar surface area (TPSA) is 26.3 Å². The molecule has 1 heterocycles. The molecule has 1 aliphatic rings. The van der Waals surface area contributed by atoms with E-state index in [4.69, 9.17) is 4.74 Å². The van der Waals surface area contributed by atoms with Gasteiger partial charge in [0, 0.05) is 6.42 Å². The number of esters is 1. The van der Waals surface area contributed by atoms with Gasteiger partial charge in [0.1, 0.15) is 5.76 Å². The van der Waals surface area contributed by atoms with Crippen LogP contribution in [0, 0.1) is 5.92 Å². The van der Waals surface area contributed by atoms with Gasteiger partial charge in [0.05, 0.1) is 5.92 Å². The van der Waals surface area contributed by atoms with Gasteiger partial charge in [-0.3, -0.25) is 4.79 Å². The van der Waals surface area contributed by atoms with E-state index in [1.54, 1.807) is 0 Å². The predicted octanol–water partition coefficient (Wildman–Crippen LogP) is 3.59. The summed E-state index contributed by atoms with van der Waals surface area (Å²) in [4.78, 5) is 11.2. The summed E-state index contributed by atoms with van der Waals surface area (Å²) in [7, 11) is 0. The predicted molar refractivity (Wildman–Crippen MR) is 61.2 cm³/mol. The largest absolute Gasteiger partial charge is 0.431 e. The molecule has 1 aliphatic heterocycles. The Bertz CT molecular complexity index is 253. The average Bonchev–Trinajstić information content (AvgIpc) is 2.51. The van der Waals surface area contributed by atoms with Crippen LogP contribution < -0.4 is 0 Å². The van der Waals surface area contributed by atoms with E-state index >= 15 is 0 Å². The van der Waals surface area contributed by atoms with Crippen molar-refractivity contribution in [1.29, 1.82) is 0 Å². The minimum absolute atomic E-state index is 0.0799. The number of carbonyl (C=O) groups excluding carboxylic acids is 1. The molecule has 1 unspecified atom stereocenters. The molecule has 84 valence electrons. The Labute approximate surface area is 92.0 Å². The summed E-state index contributed by atoms with van der Waals surface area (Å²) in [5.41, 5.74) is 0. The first-order valence-corrected chi connectivity index (χ1v) is 5.80. The number of hydrogen-bond acceptors (Lipinski definition) is 2. The number of rotatable bonds is 6.